The first-order valence-corrected chi connectivity index (χ1v) is 12.1. The minimum absolute atomic E-state index is 0.176. The number of nitrogens with zero attached hydrogens (tertiary/aromatic N) is 2. The van der Waals surface area contributed by atoms with E-state index in [0.717, 1.165) is 23.3 Å². The summed E-state index contributed by atoms with van der Waals surface area (Å²) in [7, 11) is 0. The number of carbonyl (C=O) groups is 1. The van der Waals surface area contributed by atoms with Gasteiger partial charge in [0, 0.05) is 6.42 Å². The van der Waals surface area contributed by atoms with E-state index in [-0.39, 0.29) is 30.2 Å². The van der Waals surface area contributed by atoms with Gasteiger partial charge in [0.2, 0.25) is 5.91 Å². The van der Waals surface area contributed by atoms with Gasteiger partial charge in [-0.25, -0.2) is 8.79 Å². The standard InChI is InChI=1S/C23H17Cl2F5N2O2S/c24-16-6-14(7-17(25)20(16)27)22(23(28,29)30)8-18(31-35-22)12-1-2-15-13(5-12)9-34-21(15)10-32(11-21)19(33)3-4-26/h1-2,5-7H,3-4,8-11H2. The number of hydrogen-bond donors (Lipinski definition) is 0. The van der Waals surface area contributed by atoms with Gasteiger partial charge in [-0.3, -0.25) is 9.18 Å². The summed E-state index contributed by atoms with van der Waals surface area (Å²) < 4.78 is 77.0. The summed E-state index contributed by atoms with van der Waals surface area (Å²) in [6, 6.07) is 7.08. The lowest BCUT2D eigenvalue weighted by Crippen LogP contribution is -2.61. The summed E-state index contributed by atoms with van der Waals surface area (Å²) >= 11 is 11.9. The third-order valence-corrected chi connectivity index (χ3v) is 8.41. The van der Waals surface area contributed by atoms with Crippen molar-refractivity contribution in [3.63, 3.8) is 0 Å². The van der Waals surface area contributed by atoms with Crippen LogP contribution in [-0.2, 0) is 26.5 Å². The molecule has 5 rings (SSSR count). The van der Waals surface area contributed by atoms with E-state index in [9.17, 15) is 26.7 Å². The fourth-order valence-corrected chi connectivity index (χ4v) is 6.18. The van der Waals surface area contributed by atoms with Crippen LogP contribution in [0.25, 0.3) is 0 Å². The van der Waals surface area contributed by atoms with Gasteiger partial charge in [0.25, 0.3) is 0 Å². The second-order valence-electron chi connectivity index (χ2n) is 8.73. The van der Waals surface area contributed by atoms with E-state index >= 15 is 0 Å². The van der Waals surface area contributed by atoms with E-state index in [1.807, 2.05) is 0 Å². The molecule has 3 aliphatic heterocycles. The normalized spacial score (nSPS) is 22.8. The molecule has 0 bridgehead atoms. The SMILES string of the molecule is O=C(CCF)N1CC2(C1)OCc1cc(C3=NSC(c4cc(Cl)c(F)c(Cl)c4)(C(F)(F)F)C3)ccc12. The smallest absolute Gasteiger partial charge is 0.362 e. The number of halogens is 7. The lowest BCUT2D eigenvalue weighted by molar-refractivity contribution is -0.168. The average molecular weight is 551 g/mol. The van der Waals surface area contributed by atoms with Gasteiger partial charge in [0.05, 0.1) is 48.5 Å². The van der Waals surface area contributed by atoms with Crippen molar-refractivity contribution < 1.29 is 31.5 Å². The molecule has 1 spiro atoms. The zero-order valence-electron chi connectivity index (χ0n) is 17.9. The molecule has 12 heteroatoms. The second kappa shape index (κ2) is 8.61. The van der Waals surface area contributed by atoms with E-state index in [4.69, 9.17) is 27.9 Å². The van der Waals surface area contributed by atoms with Crippen LogP contribution in [-0.4, -0.2) is 42.5 Å². The lowest BCUT2D eigenvalue weighted by atomic mass is 9.83. The van der Waals surface area contributed by atoms with Crippen molar-refractivity contribution in [2.24, 2.45) is 4.40 Å². The van der Waals surface area contributed by atoms with Crippen LogP contribution >= 0.6 is 35.1 Å². The largest absolute Gasteiger partial charge is 0.409 e. The number of benzene rings is 2. The van der Waals surface area contributed by atoms with Crippen molar-refractivity contribution in [3.8, 4) is 0 Å². The lowest BCUT2D eigenvalue weighted by Gasteiger charge is -2.47. The molecule has 0 saturated carbocycles. The molecule has 186 valence electrons. The molecule has 0 aliphatic carbocycles. The second-order valence-corrected chi connectivity index (χ2v) is 10.6. The number of rotatable bonds is 4. The number of ether oxygens (including phenoxy) is 1. The van der Waals surface area contributed by atoms with Crippen LogP contribution in [0.5, 0.6) is 0 Å². The van der Waals surface area contributed by atoms with Crippen LogP contribution in [0, 0.1) is 5.82 Å². The molecule has 1 unspecified atom stereocenters. The highest BCUT2D eigenvalue weighted by Gasteiger charge is 2.60. The van der Waals surface area contributed by atoms with Crippen LogP contribution in [0.2, 0.25) is 10.0 Å². The third kappa shape index (κ3) is 3.93. The summed E-state index contributed by atoms with van der Waals surface area (Å²) in [5.74, 6) is -1.26. The molecule has 3 aliphatic rings. The quantitative estimate of drug-likeness (QED) is 0.253. The van der Waals surface area contributed by atoms with E-state index in [1.165, 1.54) is 4.90 Å². The van der Waals surface area contributed by atoms with Crippen LogP contribution in [0.4, 0.5) is 22.0 Å². The molecule has 0 radical (unpaired) electrons. The van der Waals surface area contributed by atoms with Crippen LogP contribution < -0.4 is 0 Å². The Morgan fingerprint density at radius 2 is 1.86 bits per heavy atom. The van der Waals surface area contributed by atoms with Crippen molar-refractivity contribution in [2.45, 2.75) is 36.0 Å². The molecule has 35 heavy (non-hydrogen) atoms. The first-order valence-electron chi connectivity index (χ1n) is 10.6. The Morgan fingerprint density at radius 1 is 1.17 bits per heavy atom. The zero-order valence-corrected chi connectivity index (χ0v) is 20.2. The monoisotopic (exact) mass is 550 g/mol. The zero-order chi connectivity index (χ0) is 25.2. The Morgan fingerprint density at radius 3 is 2.49 bits per heavy atom. The third-order valence-electron chi connectivity index (χ3n) is 6.62. The fourth-order valence-electron chi connectivity index (χ4n) is 4.73. The fraction of sp³-hybridized carbons (Fsp3) is 0.391. The Hall–Kier alpha value is -1.88. The number of alkyl halides is 4. The maximum absolute atomic E-state index is 14.3. The topological polar surface area (TPSA) is 41.9 Å². The summed E-state index contributed by atoms with van der Waals surface area (Å²) in [5, 5.41) is -0.991. The molecule has 1 saturated heterocycles. The Balaban J connectivity index is 1.40. The Labute approximate surface area is 211 Å². The summed E-state index contributed by atoms with van der Waals surface area (Å²) in [5.41, 5.74) is 1.43. The number of likely N-dealkylation sites (tertiary alicyclic amines) is 1. The molecular formula is C23H17Cl2F5N2O2S. The van der Waals surface area contributed by atoms with Crippen molar-refractivity contribution in [1.82, 2.24) is 4.90 Å². The summed E-state index contributed by atoms with van der Waals surface area (Å²) in [6.45, 7) is 0.123. The number of fused-ring (bicyclic) bond motifs is 2. The Kier molecular flexibility index (Phi) is 6.10. The van der Waals surface area contributed by atoms with Crippen molar-refractivity contribution in [1.29, 1.82) is 0 Å². The average Bonchev–Trinajstić information content (AvgIpc) is 3.39. The summed E-state index contributed by atoms with van der Waals surface area (Å²) in [4.78, 5) is 13.4. The van der Waals surface area contributed by atoms with Gasteiger partial charge in [0.1, 0.15) is 5.60 Å². The van der Waals surface area contributed by atoms with Crippen molar-refractivity contribution >= 4 is 46.8 Å². The number of amides is 1. The van der Waals surface area contributed by atoms with Gasteiger partial charge in [-0.05, 0) is 52.4 Å². The highest BCUT2D eigenvalue weighted by molar-refractivity contribution is 7.99. The van der Waals surface area contributed by atoms with Crippen molar-refractivity contribution in [2.75, 3.05) is 19.8 Å². The molecular weight excluding hydrogens is 534 g/mol. The first-order chi connectivity index (χ1) is 16.5. The highest BCUT2D eigenvalue weighted by Crippen LogP contribution is 2.57. The first kappa shape index (κ1) is 24.8. The summed E-state index contributed by atoms with van der Waals surface area (Å²) in [6.07, 6.45) is -5.39. The molecule has 0 aromatic heterocycles. The minimum atomic E-state index is -4.72. The van der Waals surface area contributed by atoms with Crippen molar-refractivity contribution in [3.05, 3.63) is 68.4 Å². The minimum Gasteiger partial charge on any atom is -0.362 e. The number of hydrogen-bond acceptors (Lipinski definition) is 4. The van der Waals surface area contributed by atoms with Gasteiger partial charge in [-0.2, -0.15) is 13.2 Å². The van der Waals surface area contributed by atoms with E-state index < -0.39 is 45.5 Å². The Bertz CT molecular complexity index is 1230. The predicted octanol–water partition coefficient (Wildman–Crippen LogP) is 6.36. The van der Waals surface area contributed by atoms with Gasteiger partial charge in [-0.15, -0.1) is 0 Å². The van der Waals surface area contributed by atoms with Gasteiger partial charge < -0.3 is 9.64 Å². The van der Waals surface area contributed by atoms with Gasteiger partial charge in [-0.1, -0.05) is 35.3 Å². The maximum Gasteiger partial charge on any atom is 0.409 e. The van der Waals surface area contributed by atoms with Gasteiger partial charge in [0.15, 0.2) is 10.6 Å². The molecule has 4 nitrogen and oxygen atoms in total. The molecule has 2 aromatic rings. The maximum atomic E-state index is 14.3. The molecule has 0 N–H and O–H groups in total. The predicted molar refractivity (Wildman–Crippen MR) is 123 cm³/mol. The van der Waals surface area contributed by atoms with Crippen LogP contribution in [0.15, 0.2) is 34.7 Å². The molecule has 1 amide bonds. The van der Waals surface area contributed by atoms with Gasteiger partial charge >= 0.3 is 6.18 Å². The highest BCUT2D eigenvalue weighted by atomic mass is 35.5. The molecule has 2 aromatic carbocycles. The van der Waals surface area contributed by atoms with E-state index in [0.29, 0.717) is 30.6 Å². The van der Waals surface area contributed by atoms with Crippen LogP contribution in [0.1, 0.15) is 35.1 Å². The molecule has 3 heterocycles. The van der Waals surface area contributed by atoms with E-state index in [1.54, 1.807) is 18.2 Å². The molecule has 1 fully saturated rings. The van der Waals surface area contributed by atoms with E-state index in [2.05, 4.69) is 4.40 Å². The molecule has 1 atom stereocenters. The number of carbonyl (C=O) groups excluding carboxylic acids is 1. The van der Waals surface area contributed by atoms with Crippen LogP contribution in [0.3, 0.4) is 0 Å².